The maximum absolute atomic E-state index is 13.1. The number of nitrogens with zero attached hydrogens (tertiary/aromatic N) is 5. The largest absolute Gasteiger partial charge is 0.378 e. The van der Waals surface area contributed by atoms with Gasteiger partial charge in [0.25, 0.3) is 11.8 Å². The van der Waals surface area contributed by atoms with Crippen LogP contribution in [0.2, 0.25) is 0 Å². The third kappa shape index (κ3) is 4.17. The SMILES string of the molecule is O=C(Nc1ccccc1C(=O)N1CCOCC1)c1cc(Br)ccc1-n1cnnn1. The molecule has 1 N–H and O–H groups in total. The first-order valence-corrected chi connectivity index (χ1v) is 9.73. The Bertz CT molecular complexity index is 1030. The van der Waals surface area contributed by atoms with Crippen molar-refractivity contribution >= 4 is 33.4 Å². The lowest BCUT2D eigenvalue weighted by Crippen LogP contribution is -2.41. The summed E-state index contributed by atoms with van der Waals surface area (Å²) >= 11 is 3.39. The van der Waals surface area contributed by atoms with E-state index in [2.05, 4.69) is 36.8 Å². The van der Waals surface area contributed by atoms with Crippen molar-refractivity contribution in [1.29, 1.82) is 0 Å². The second kappa shape index (κ2) is 8.50. The molecule has 1 saturated heterocycles. The van der Waals surface area contributed by atoms with Crippen LogP contribution < -0.4 is 5.32 Å². The fourth-order valence-electron chi connectivity index (χ4n) is 3.07. The number of halogens is 1. The van der Waals surface area contributed by atoms with Crippen LogP contribution in [0.15, 0.2) is 53.3 Å². The highest BCUT2D eigenvalue weighted by Crippen LogP contribution is 2.23. The van der Waals surface area contributed by atoms with E-state index in [1.54, 1.807) is 47.4 Å². The minimum Gasteiger partial charge on any atom is -0.378 e. The number of amides is 2. The van der Waals surface area contributed by atoms with E-state index in [0.717, 1.165) is 4.47 Å². The van der Waals surface area contributed by atoms with Crippen LogP contribution in [0.3, 0.4) is 0 Å². The summed E-state index contributed by atoms with van der Waals surface area (Å²) in [7, 11) is 0. The first-order valence-electron chi connectivity index (χ1n) is 8.94. The van der Waals surface area contributed by atoms with Crippen molar-refractivity contribution in [2.45, 2.75) is 0 Å². The van der Waals surface area contributed by atoms with Gasteiger partial charge >= 0.3 is 0 Å². The number of hydrogen-bond donors (Lipinski definition) is 1. The van der Waals surface area contributed by atoms with Crippen molar-refractivity contribution in [3.05, 3.63) is 64.4 Å². The molecular weight excluding hydrogens is 440 g/mol. The number of morpholine rings is 1. The lowest BCUT2D eigenvalue weighted by atomic mass is 10.1. The van der Waals surface area contributed by atoms with Crippen LogP contribution in [0, 0.1) is 0 Å². The highest BCUT2D eigenvalue weighted by atomic mass is 79.9. The first-order chi connectivity index (χ1) is 14.1. The number of carbonyl (C=O) groups excluding carboxylic acids is 2. The predicted octanol–water partition coefficient (Wildman–Crippen LogP) is 2.15. The average Bonchev–Trinajstić information content (AvgIpc) is 3.29. The van der Waals surface area contributed by atoms with Gasteiger partial charge in [0.2, 0.25) is 0 Å². The number of nitrogens with one attached hydrogen (secondary N) is 1. The standard InChI is InChI=1S/C19H17BrN6O3/c20-13-5-6-17(26-12-21-23-24-26)15(11-13)18(27)22-16-4-2-1-3-14(16)19(28)25-7-9-29-10-8-25/h1-6,11-12H,7-10H2,(H,22,27). The van der Waals surface area contributed by atoms with Crippen molar-refractivity contribution in [2.75, 3.05) is 31.6 Å². The molecule has 148 valence electrons. The molecule has 0 spiro atoms. The maximum Gasteiger partial charge on any atom is 0.257 e. The number of tetrazole rings is 1. The van der Waals surface area contributed by atoms with Gasteiger partial charge in [-0.3, -0.25) is 9.59 Å². The highest BCUT2D eigenvalue weighted by Gasteiger charge is 2.22. The van der Waals surface area contributed by atoms with Crippen molar-refractivity contribution < 1.29 is 14.3 Å². The molecule has 2 heterocycles. The van der Waals surface area contributed by atoms with Gasteiger partial charge in [-0.15, -0.1) is 5.10 Å². The number of aromatic nitrogens is 4. The zero-order valence-electron chi connectivity index (χ0n) is 15.3. The van der Waals surface area contributed by atoms with Gasteiger partial charge in [0, 0.05) is 17.6 Å². The minimum absolute atomic E-state index is 0.140. The summed E-state index contributed by atoms with van der Waals surface area (Å²) in [6.07, 6.45) is 1.41. The smallest absolute Gasteiger partial charge is 0.257 e. The van der Waals surface area contributed by atoms with Crippen LogP contribution >= 0.6 is 15.9 Å². The molecule has 0 saturated carbocycles. The van der Waals surface area contributed by atoms with Crippen LogP contribution in [0.4, 0.5) is 5.69 Å². The zero-order valence-corrected chi connectivity index (χ0v) is 16.9. The van der Waals surface area contributed by atoms with E-state index in [0.29, 0.717) is 48.8 Å². The molecule has 29 heavy (non-hydrogen) atoms. The summed E-state index contributed by atoms with van der Waals surface area (Å²) in [4.78, 5) is 27.7. The predicted molar refractivity (Wildman–Crippen MR) is 108 cm³/mol. The van der Waals surface area contributed by atoms with E-state index in [1.807, 2.05) is 0 Å². The second-order valence-electron chi connectivity index (χ2n) is 6.32. The Balaban J connectivity index is 1.63. The third-order valence-electron chi connectivity index (χ3n) is 4.50. The molecule has 4 rings (SSSR count). The summed E-state index contributed by atoms with van der Waals surface area (Å²) < 4.78 is 7.45. The fraction of sp³-hybridized carbons (Fsp3) is 0.211. The highest BCUT2D eigenvalue weighted by molar-refractivity contribution is 9.10. The second-order valence-corrected chi connectivity index (χ2v) is 7.24. The Hall–Kier alpha value is -3.11. The molecule has 0 aliphatic carbocycles. The Morgan fingerprint density at radius 2 is 1.86 bits per heavy atom. The van der Waals surface area contributed by atoms with Gasteiger partial charge in [-0.1, -0.05) is 28.1 Å². The van der Waals surface area contributed by atoms with E-state index in [1.165, 1.54) is 11.0 Å². The minimum atomic E-state index is -0.376. The normalized spacial score (nSPS) is 13.9. The van der Waals surface area contributed by atoms with Gasteiger partial charge in [-0.25, -0.2) is 0 Å². The molecule has 1 fully saturated rings. The molecule has 0 bridgehead atoms. The Morgan fingerprint density at radius 1 is 1.07 bits per heavy atom. The number of ether oxygens (including phenoxy) is 1. The molecule has 2 aromatic carbocycles. The van der Waals surface area contributed by atoms with Crippen LogP contribution in [0.25, 0.3) is 5.69 Å². The molecule has 1 aliphatic rings. The third-order valence-corrected chi connectivity index (χ3v) is 5.00. The molecule has 9 nitrogen and oxygen atoms in total. The molecule has 3 aromatic rings. The number of benzene rings is 2. The summed E-state index contributed by atoms with van der Waals surface area (Å²) in [6.45, 7) is 2.06. The molecule has 1 aromatic heterocycles. The average molecular weight is 457 g/mol. The van der Waals surface area contributed by atoms with Crippen molar-refractivity contribution in [3.8, 4) is 5.69 Å². The molecule has 2 amide bonds. The lowest BCUT2D eigenvalue weighted by molar-refractivity contribution is 0.0303. The van der Waals surface area contributed by atoms with Gasteiger partial charge in [0.15, 0.2) is 0 Å². The Morgan fingerprint density at radius 3 is 2.62 bits per heavy atom. The molecule has 0 atom stereocenters. The van der Waals surface area contributed by atoms with Crippen molar-refractivity contribution in [2.24, 2.45) is 0 Å². The lowest BCUT2D eigenvalue weighted by Gasteiger charge is -2.27. The quantitative estimate of drug-likeness (QED) is 0.644. The van der Waals surface area contributed by atoms with Gasteiger partial charge in [0.1, 0.15) is 6.33 Å². The Labute approximate surface area is 174 Å². The number of rotatable bonds is 4. The first kappa shape index (κ1) is 19.2. The van der Waals surface area contributed by atoms with Crippen LogP contribution in [0.1, 0.15) is 20.7 Å². The topological polar surface area (TPSA) is 102 Å². The van der Waals surface area contributed by atoms with E-state index in [-0.39, 0.29) is 11.8 Å². The van der Waals surface area contributed by atoms with Crippen LogP contribution in [0.5, 0.6) is 0 Å². The van der Waals surface area contributed by atoms with Gasteiger partial charge in [-0.05, 0) is 40.8 Å². The van der Waals surface area contributed by atoms with E-state index < -0.39 is 0 Å². The number of carbonyl (C=O) groups is 2. The number of hydrogen-bond acceptors (Lipinski definition) is 6. The van der Waals surface area contributed by atoms with E-state index >= 15 is 0 Å². The summed E-state index contributed by atoms with van der Waals surface area (Å²) in [6, 6.07) is 12.2. The Kier molecular flexibility index (Phi) is 5.63. The van der Waals surface area contributed by atoms with Crippen molar-refractivity contribution in [1.82, 2.24) is 25.1 Å². The molecule has 0 unspecified atom stereocenters. The van der Waals surface area contributed by atoms with E-state index in [9.17, 15) is 9.59 Å². The monoisotopic (exact) mass is 456 g/mol. The summed E-state index contributed by atoms with van der Waals surface area (Å²) in [5.74, 6) is -0.516. The van der Waals surface area contributed by atoms with Crippen LogP contribution in [-0.4, -0.2) is 63.2 Å². The van der Waals surface area contributed by atoms with Crippen LogP contribution in [-0.2, 0) is 4.74 Å². The molecule has 0 radical (unpaired) electrons. The molecular formula is C19H17BrN6O3. The van der Waals surface area contributed by atoms with E-state index in [4.69, 9.17) is 4.74 Å². The maximum atomic E-state index is 13.1. The van der Waals surface area contributed by atoms with Crippen molar-refractivity contribution in [3.63, 3.8) is 0 Å². The molecule has 1 aliphatic heterocycles. The zero-order chi connectivity index (χ0) is 20.2. The molecule has 10 heteroatoms. The van der Waals surface area contributed by atoms with Gasteiger partial charge in [-0.2, -0.15) is 4.68 Å². The summed E-state index contributed by atoms with van der Waals surface area (Å²) in [5, 5.41) is 14.0. The fourth-order valence-corrected chi connectivity index (χ4v) is 3.43. The number of para-hydroxylation sites is 1. The van der Waals surface area contributed by atoms with Gasteiger partial charge < -0.3 is 15.0 Å². The number of anilines is 1. The summed E-state index contributed by atoms with van der Waals surface area (Å²) in [5.41, 5.74) is 1.76. The van der Waals surface area contributed by atoms with Gasteiger partial charge in [0.05, 0.1) is 35.7 Å².